The lowest BCUT2D eigenvalue weighted by Gasteiger charge is -2.17. The zero-order valence-electron chi connectivity index (χ0n) is 13.1. The van der Waals surface area contributed by atoms with Crippen LogP contribution in [0.4, 0.5) is 9.52 Å². The highest BCUT2D eigenvalue weighted by Gasteiger charge is 2.35. The minimum atomic E-state index is -0.429. The summed E-state index contributed by atoms with van der Waals surface area (Å²) >= 11 is 2.57. The molecule has 0 radical (unpaired) electrons. The molecular formula is C16H16FN3O2S2. The quantitative estimate of drug-likeness (QED) is 0.426. The maximum absolute atomic E-state index is 13.2. The van der Waals surface area contributed by atoms with Gasteiger partial charge in [-0.05, 0) is 25.0 Å². The summed E-state index contributed by atoms with van der Waals surface area (Å²) in [5.41, 5.74) is 0.341. The first-order valence-corrected chi connectivity index (χ1v) is 9.46. The largest absolute Gasteiger partial charge is 0.293 e. The summed E-state index contributed by atoms with van der Waals surface area (Å²) in [5, 5.41) is 8.74. The van der Waals surface area contributed by atoms with Crippen molar-refractivity contribution in [1.82, 2.24) is 10.2 Å². The minimum absolute atomic E-state index is 0.0426. The first-order valence-electron chi connectivity index (χ1n) is 7.65. The number of rotatable bonds is 7. The highest BCUT2D eigenvalue weighted by atomic mass is 32.2. The third-order valence-electron chi connectivity index (χ3n) is 3.56. The maximum Gasteiger partial charge on any atom is 0.228 e. The van der Waals surface area contributed by atoms with Gasteiger partial charge in [-0.15, -0.1) is 10.2 Å². The number of amides is 1. The van der Waals surface area contributed by atoms with Crippen molar-refractivity contribution in [2.24, 2.45) is 0 Å². The molecule has 1 amide bonds. The van der Waals surface area contributed by atoms with Crippen molar-refractivity contribution in [2.75, 3.05) is 10.7 Å². The summed E-state index contributed by atoms with van der Waals surface area (Å²) in [4.78, 5) is 25.9. The Morgan fingerprint density at radius 1 is 1.38 bits per heavy atom. The van der Waals surface area contributed by atoms with Crippen molar-refractivity contribution >= 4 is 39.9 Å². The van der Waals surface area contributed by atoms with E-state index < -0.39 is 5.82 Å². The molecule has 0 unspecified atom stereocenters. The van der Waals surface area contributed by atoms with Gasteiger partial charge in [0, 0.05) is 18.0 Å². The Balaban J connectivity index is 1.63. The summed E-state index contributed by atoms with van der Waals surface area (Å²) < 4.78 is 13.8. The molecule has 24 heavy (non-hydrogen) atoms. The molecular weight excluding hydrogens is 349 g/mol. The fourth-order valence-electron chi connectivity index (χ4n) is 2.20. The Hall–Kier alpha value is -1.80. The Morgan fingerprint density at radius 3 is 2.83 bits per heavy atom. The molecule has 126 valence electrons. The molecule has 1 aromatic heterocycles. The fourth-order valence-corrected chi connectivity index (χ4v) is 4.02. The van der Waals surface area contributed by atoms with Crippen LogP contribution in [0.25, 0.3) is 0 Å². The van der Waals surface area contributed by atoms with Crippen LogP contribution < -0.4 is 4.90 Å². The Labute approximate surface area is 147 Å². The predicted octanol–water partition coefficient (Wildman–Crippen LogP) is 3.56. The Morgan fingerprint density at radius 2 is 2.17 bits per heavy atom. The molecule has 3 rings (SSSR count). The fraction of sp³-hybridized carbons (Fsp3) is 0.375. The summed E-state index contributed by atoms with van der Waals surface area (Å²) in [6.07, 6.45) is 2.41. The lowest BCUT2D eigenvalue weighted by atomic mass is 10.1. The number of carbonyl (C=O) groups is 2. The van der Waals surface area contributed by atoms with E-state index in [-0.39, 0.29) is 23.5 Å². The molecule has 0 N–H and O–H groups in total. The van der Waals surface area contributed by atoms with Crippen LogP contribution in [0.15, 0.2) is 28.6 Å². The van der Waals surface area contributed by atoms with Gasteiger partial charge in [0.05, 0.1) is 5.75 Å². The maximum atomic E-state index is 13.2. The van der Waals surface area contributed by atoms with Crippen molar-refractivity contribution < 1.29 is 14.0 Å². The van der Waals surface area contributed by atoms with Crippen LogP contribution in [0.5, 0.6) is 0 Å². The van der Waals surface area contributed by atoms with E-state index in [1.165, 1.54) is 41.3 Å². The third-order valence-corrected chi connectivity index (χ3v) is 5.61. The van der Waals surface area contributed by atoms with E-state index in [1.54, 1.807) is 11.0 Å². The summed E-state index contributed by atoms with van der Waals surface area (Å²) in [6.45, 7) is 1.83. The zero-order valence-corrected chi connectivity index (χ0v) is 14.7. The van der Waals surface area contributed by atoms with Crippen LogP contribution in [0.3, 0.4) is 0 Å². The summed E-state index contributed by atoms with van der Waals surface area (Å²) in [6, 6.07) is 5.87. The molecule has 0 saturated heterocycles. The molecule has 0 aliphatic heterocycles. The Kier molecular flexibility index (Phi) is 5.25. The number of nitrogens with zero attached hydrogens (tertiary/aromatic N) is 3. The molecule has 8 heteroatoms. The van der Waals surface area contributed by atoms with Gasteiger partial charge in [0.2, 0.25) is 11.0 Å². The second kappa shape index (κ2) is 7.40. The average molecular weight is 365 g/mol. The van der Waals surface area contributed by atoms with E-state index in [9.17, 15) is 14.0 Å². The minimum Gasteiger partial charge on any atom is -0.293 e. The second-order valence-corrected chi connectivity index (χ2v) is 7.60. The van der Waals surface area contributed by atoms with Gasteiger partial charge < -0.3 is 0 Å². The van der Waals surface area contributed by atoms with Gasteiger partial charge in [0.15, 0.2) is 10.1 Å². The molecule has 1 aliphatic rings. The van der Waals surface area contributed by atoms with Gasteiger partial charge in [0.25, 0.3) is 0 Å². The van der Waals surface area contributed by atoms with Gasteiger partial charge in [-0.1, -0.05) is 42.2 Å². The SMILES string of the molecule is CCC(=O)N(c1nnc(SCC(=O)c2cccc(F)c2)s1)C1CC1. The molecule has 5 nitrogen and oxygen atoms in total. The van der Waals surface area contributed by atoms with E-state index >= 15 is 0 Å². The summed E-state index contributed by atoms with van der Waals surface area (Å²) in [5.74, 6) is -0.397. The first kappa shape index (κ1) is 17.0. The van der Waals surface area contributed by atoms with Crippen molar-refractivity contribution in [2.45, 2.75) is 36.6 Å². The van der Waals surface area contributed by atoms with Crippen LogP contribution in [0, 0.1) is 5.82 Å². The molecule has 1 saturated carbocycles. The number of thioether (sulfide) groups is 1. The predicted molar refractivity (Wildman–Crippen MR) is 92.2 cm³/mol. The van der Waals surface area contributed by atoms with Crippen molar-refractivity contribution in [3.63, 3.8) is 0 Å². The standard InChI is InChI=1S/C16H16FN3O2S2/c1-2-14(22)20(12-6-7-12)15-18-19-16(24-15)23-9-13(21)10-4-3-5-11(17)8-10/h3-5,8,12H,2,6-7,9H2,1H3. The van der Waals surface area contributed by atoms with E-state index in [0.29, 0.717) is 21.5 Å². The number of aromatic nitrogens is 2. The Bertz CT molecular complexity index is 761. The van der Waals surface area contributed by atoms with Crippen LogP contribution in [0.1, 0.15) is 36.5 Å². The number of ketones is 1. The van der Waals surface area contributed by atoms with E-state index in [2.05, 4.69) is 10.2 Å². The lowest BCUT2D eigenvalue weighted by Crippen LogP contribution is -2.32. The zero-order chi connectivity index (χ0) is 17.1. The van der Waals surface area contributed by atoms with Crippen molar-refractivity contribution in [3.8, 4) is 0 Å². The van der Waals surface area contributed by atoms with Crippen LogP contribution in [-0.4, -0.2) is 33.7 Å². The molecule has 0 bridgehead atoms. The average Bonchev–Trinajstić information content (AvgIpc) is 3.30. The number of hydrogen-bond donors (Lipinski definition) is 0. The normalized spacial score (nSPS) is 13.8. The van der Waals surface area contributed by atoms with Crippen molar-refractivity contribution in [1.29, 1.82) is 0 Å². The number of anilines is 1. The smallest absolute Gasteiger partial charge is 0.228 e. The monoisotopic (exact) mass is 365 g/mol. The lowest BCUT2D eigenvalue weighted by molar-refractivity contribution is -0.118. The van der Waals surface area contributed by atoms with E-state index in [1.807, 2.05) is 6.92 Å². The number of benzene rings is 1. The van der Waals surface area contributed by atoms with Gasteiger partial charge in [-0.2, -0.15) is 0 Å². The number of carbonyl (C=O) groups excluding carboxylic acids is 2. The van der Waals surface area contributed by atoms with Crippen LogP contribution in [-0.2, 0) is 4.79 Å². The molecule has 1 aromatic carbocycles. The van der Waals surface area contributed by atoms with Gasteiger partial charge >= 0.3 is 0 Å². The van der Waals surface area contributed by atoms with Crippen LogP contribution >= 0.6 is 23.1 Å². The van der Waals surface area contributed by atoms with Gasteiger partial charge in [0.1, 0.15) is 5.82 Å². The highest BCUT2D eigenvalue weighted by molar-refractivity contribution is 8.01. The highest BCUT2D eigenvalue weighted by Crippen LogP contribution is 2.36. The second-order valence-electron chi connectivity index (χ2n) is 5.42. The van der Waals surface area contributed by atoms with Crippen LogP contribution in [0.2, 0.25) is 0 Å². The number of halogens is 1. The number of Topliss-reactive ketones (excluding diaryl/α,β-unsaturated/α-hetero) is 1. The van der Waals surface area contributed by atoms with E-state index in [4.69, 9.17) is 0 Å². The first-order chi connectivity index (χ1) is 11.6. The summed E-state index contributed by atoms with van der Waals surface area (Å²) in [7, 11) is 0. The molecule has 1 fully saturated rings. The topological polar surface area (TPSA) is 63.2 Å². The molecule has 2 aromatic rings. The van der Waals surface area contributed by atoms with Crippen molar-refractivity contribution in [3.05, 3.63) is 35.6 Å². The van der Waals surface area contributed by atoms with Gasteiger partial charge in [-0.3, -0.25) is 14.5 Å². The van der Waals surface area contributed by atoms with Gasteiger partial charge in [-0.25, -0.2) is 4.39 Å². The molecule has 1 aliphatic carbocycles. The third kappa shape index (κ3) is 3.99. The molecule has 1 heterocycles. The van der Waals surface area contributed by atoms with E-state index in [0.717, 1.165) is 12.8 Å². The molecule has 0 spiro atoms. The number of hydrogen-bond acceptors (Lipinski definition) is 6. The molecule has 0 atom stereocenters.